The van der Waals surface area contributed by atoms with Gasteiger partial charge in [0.1, 0.15) is 17.1 Å². The Hall–Kier alpha value is -2.77. The zero-order chi connectivity index (χ0) is 15.8. The molecule has 3 N–H and O–H groups in total. The van der Waals surface area contributed by atoms with Crippen molar-refractivity contribution < 1.29 is 29.0 Å². The van der Waals surface area contributed by atoms with Crippen molar-refractivity contribution in [2.75, 3.05) is 20.3 Å². The van der Waals surface area contributed by atoms with Crippen LogP contribution in [0.4, 0.5) is 4.79 Å². The van der Waals surface area contributed by atoms with E-state index >= 15 is 0 Å². The zero-order valence-electron chi connectivity index (χ0n) is 11.6. The Labute approximate surface area is 121 Å². The second-order valence-electron chi connectivity index (χ2n) is 3.86. The number of imide groups is 1. The Morgan fingerprint density at radius 2 is 2.00 bits per heavy atom. The van der Waals surface area contributed by atoms with Gasteiger partial charge in [-0.05, 0) is 25.1 Å². The second kappa shape index (κ2) is 7.73. The zero-order valence-corrected chi connectivity index (χ0v) is 11.6. The van der Waals surface area contributed by atoms with Crippen LogP contribution in [-0.4, -0.2) is 43.3 Å². The summed E-state index contributed by atoms with van der Waals surface area (Å²) in [6.07, 6.45) is 0. The van der Waals surface area contributed by atoms with Crippen LogP contribution in [0.1, 0.15) is 17.3 Å². The monoisotopic (exact) mass is 296 g/mol. The molecule has 1 aromatic rings. The third-order valence-corrected chi connectivity index (χ3v) is 2.37. The minimum absolute atomic E-state index is 0.00866. The summed E-state index contributed by atoms with van der Waals surface area (Å²) in [5.74, 6) is -1.54. The van der Waals surface area contributed by atoms with E-state index in [9.17, 15) is 14.4 Å². The molecule has 0 aliphatic heterocycles. The summed E-state index contributed by atoms with van der Waals surface area (Å²) >= 11 is 0. The molecule has 0 radical (unpaired) electrons. The highest BCUT2D eigenvalue weighted by molar-refractivity contribution is 5.95. The molecule has 21 heavy (non-hydrogen) atoms. The van der Waals surface area contributed by atoms with E-state index in [0.29, 0.717) is 12.3 Å². The van der Waals surface area contributed by atoms with Gasteiger partial charge in [0.2, 0.25) is 0 Å². The number of carboxylic acid groups (broad SMARTS) is 1. The van der Waals surface area contributed by atoms with Crippen LogP contribution in [-0.2, 0) is 4.79 Å². The normalized spacial score (nSPS) is 9.62. The van der Waals surface area contributed by atoms with Crippen LogP contribution in [0.2, 0.25) is 0 Å². The van der Waals surface area contributed by atoms with Gasteiger partial charge in [0.25, 0.3) is 5.91 Å². The van der Waals surface area contributed by atoms with Gasteiger partial charge < -0.3 is 19.9 Å². The molecule has 3 amide bonds. The van der Waals surface area contributed by atoms with Crippen LogP contribution >= 0.6 is 0 Å². The number of carboxylic acids is 1. The molecule has 0 aliphatic carbocycles. The summed E-state index contributed by atoms with van der Waals surface area (Å²) in [5.41, 5.74) is -0.139. The standard InChI is InChI=1S/C13H16N2O6/c1-3-14-13(19)15-11(16)7-21-10-5-4-8(20-2)6-9(10)12(17)18/h4-6H,3,7H2,1-2H3,(H,17,18)(H2,14,15,16,19). The number of nitrogens with one attached hydrogen (secondary N) is 2. The van der Waals surface area contributed by atoms with Crippen molar-refractivity contribution in [1.29, 1.82) is 0 Å². The van der Waals surface area contributed by atoms with Crippen LogP contribution in [0.15, 0.2) is 18.2 Å². The number of rotatable bonds is 6. The number of carbonyl (C=O) groups excluding carboxylic acids is 2. The fraction of sp³-hybridized carbons (Fsp3) is 0.308. The lowest BCUT2D eigenvalue weighted by Crippen LogP contribution is -2.41. The molecular formula is C13H16N2O6. The number of methoxy groups -OCH3 is 1. The van der Waals surface area contributed by atoms with Crippen molar-refractivity contribution in [2.24, 2.45) is 0 Å². The lowest BCUT2D eigenvalue weighted by atomic mass is 10.2. The van der Waals surface area contributed by atoms with Crippen LogP contribution in [0.25, 0.3) is 0 Å². The van der Waals surface area contributed by atoms with Gasteiger partial charge in [-0.1, -0.05) is 0 Å². The number of aromatic carboxylic acids is 1. The second-order valence-corrected chi connectivity index (χ2v) is 3.86. The molecule has 0 aliphatic rings. The van der Waals surface area contributed by atoms with Crippen molar-refractivity contribution >= 4 is 17.9 Å². The lowest BCUT2D eigenvalue weighted by molar-refractivity contribution is -0.122. The van der Waals surface area contributed by atoms with E-state index in [1.165, 1.54) is 25.3 Å². The number of amides is 3. The van der Waals surface area contributed by atoms with Gasteiger partial charge in [-0.3, -0.25) is 10.1 Å². The Bertz CT molecular complexity index is 543. The first kappa shape index (κ1) is 16.3. The SMILES string of the molecule is CCNC(=O)NC(=O)COc1ccc(OC)cc1C(=O)O. The molecule has 0 saturated carbocycles. The molecule has 1 rings (SSSR count). The molecular weight excluding hydrogens is 280 g/mol. The van der Waals surface area contributed by atoms with Crippen molar-refractivity contribution in [3.8, 4) is 11.5 Å². The molecule has 0 aromatic heterocycles. The molecule has 0 unspecified atom stereocenters. The molecule has 8 heteroatoms. The largest absolute Gasteiger partial charge is 0.497 e. The molecule has 8 nitrogen and oxygen atoms in total. The summed E-state index contributed by atoms with van der Waals surface area (Å²) in [5, 5.41) is 13.5. The fourth-order valence-electron chi connectivity index (χ4n) is 1.44. The highest BCUT2D eigenvalue weighted by Gasteiger charge is 2.15. The van der Waals surface area contributed by atoms with E-state index in [1.54, 1.807) is 6.92 Å². The average Bonchev–Trinajstić information content (AvgIpc) is 2.45. The van der Waals surface area contributed by atoms with Gasteiger partial charge in [0.15, 0.2) is 6.61 Å². The Morgan fingerprint density at radius 1 is 1.29 bits per heavy atom. The molecule has 114 valence electrons. The highest BCUT2D eigenvalue weighted by Crippen LogP contribution is 2.24. The first-order valence-electron chi connectivity index (χ1n) is 6.09. The minimum Gasteiger partial charge on any atom is -0.497 e. The van der Waals surface area contributed by atoms with Gasteiger partial charge in [-0.2, -0.15) is 0 Å². The van der Waals surface area contributed by atoms with Crippen molar-refractivity contribution in [2.45, 2.75) is 6.92 Å². The first-order valence-corrected chi connectivity index (χ1v) is 6.09. The summed E-state index contributed by atoms with van der Waals surface area (Å²) in [6.45, 7) is 1.60. The van der Waals surface area contributed by atoms with Crippen LogP contribution in [0.3, 0.4) is 0 Å². The summed E-state index contributed by atoms with van der Waals surface area (Å²) in [4.78, 5) is 33.6. The number of ether oxygens (including phenoxy) is 2. The highest BCUT2D eigenvalue weighted by atomic mass is 16.5. The van der Waals surface area contributed by atoms with E-state index in [-0.39, 0.29) is 11.3 Å². The fourth-order valence-corrected chi connectivity index (χ4v) is 1.44. The summed E-state index contributed by atoms with van der Waals surface area (Å²) in [7, 11) is 1.40. The molecule has 0 heterocycles. The van der Waals surface area contributed by atoms with Gasteiger partial charge in [-0.15, -0.1) is 0 Å². The predicted octanol–water partition coefficient (Wildman–Crippen LogP) is 0.618. The van der Waals surface area contributed by atoms with Crippen LogP contribution in [0.5, 0.6) is 11.5 Å². The van der Waals surface area contributed by atoms with Crippen molar-refractivity contribution in [1.82, 2.24) is 10.6 Å². The molecule has 0 bridgehead atoms. The van der Waals surface area contributed by atoms with E-state index in [4.69, 9.17) is 14.6 Å². The van der Waals surface area contributed by atoms with Gasteiger partial charge in [0.05, 0.1) is 7.11 Å². The Balaban J connectivity index is 2.68. The number of hydrogen-bond donors (Lipinski definition) is 3. The van der Waals surface area contributed by atoms with Crippen molar-refractivity contribution in [3.63, 3.8) is 0 Å². The lowest BCUT2D eigenvalue weighted by Gasteiger charge is -2.10. The quantitative estimate of drug-likeness (QED) is 0.709. The molecule has 0 fully saturated rings. The summed E-state index contributed by atoms with van der Waals surface area (Å²) in [6, 6.07) is 3.52. The number of benzene rings is 1. The Morgan fingerprint density at radius 3 is 2.57 bits per heavy atom. The first-order chi connectivity index (χ1) is 9.97. The van der Waals surface area contributed by atoms with E-state index in [2.05, 4.69) is 5.32 Å². The predicted molar refractivity (Wildman–Crippen MR) is 72.7 cm³/mol. The smallest absolute Gasteiger partial charge is 0.339 e. The van der Waals surface area contributed by atoms with Gasteiger partial charge >= 0.3 is 12.0 Å². The number of hydrogen-bond acceptors (Lipinski definition) is 5. The van der Waals surface area contributed by atoms with E-state index in [1.807, 2.05) is 5.32 Å². The molecule has 0 atom stereocenters. The number of carbonyl (C=O) groups is 3. The molecule has 1 aromatic carbocycles. The minimum atomic E-state index is -1.21. The topological polar surface area (TPSA) is 114 Å². The van der Waals surface area contributed by atoms with Crippen molar-refractivity contribution in [3.05, 3.63) is 23.8 Å². The maximum Gasteiger partial charge on any atom is 0.339 e. The summed E-state index contributed by atoms with van der Waals surface area (Å²) < 4.78 is 10.0. The molecule has 0 spiro atoms. The van der Waals surface area contributed by atoms with Crippen LogP contribution in [0, 0.1) is 0 Å². The Kier molecular flexibility index (Phi) is 5.99. The number of urea groups is 1. The van der Waals surface area contributed by atoms with E-state index in [0.717, 1.165) is 0 Å². The maximum absolute atomic E-state index is 11.4. The van der Waals surface area contributed by atoms with Gasteiger partial charge in [-0.25, -0.2) is 9.59 Å². The van der Waals surface area contributed by atoms with E-state index < -0.39 is 24.5 Å². The maximum atomic E-state index is 11.4. The third-order valence-electron chi connectivity index (χ3n) is 2.37. The third kappa shape index (κ3) is 5.01. The van der Waals surface area contributed by atoms with Crippen LogP contribution < -0.4 is 20.1 Å². The average molecular weight is 296 g/mol. The van der Waals surface area contributed by atoms with Gasteiger partial charge in [0, 0.05) is 6.54 Å². The molecule has 0 saturated heterocycles.